The zero-order valence-electron chi connectivity index (χ0n) is 7.04. The molecule has 1 aliphatic heterocycles. The van der Waals surface area contributed by atoms with Gasteiger partial charge < -0.3 is 10.5 Å². The Morgan fingerprint density at radius 1 is 1.45 bits per heavy atom. The lowest BCUT2D eigenvalue weighted by Crippen LogP contribution is -2.64. The summed E-state index contributed by atoms with van der Waals surface area (Å²) in [6.07, 6.45) is 1.64. The van der Waals surface area contributed by atoms with Crippen LogP contribution in [0.2, 0.25) is 0 Å². The Kier molecular flexibility index (Phi) is 2.21. The van der Waals surface area contributed by atoms with Crippen LogP contribution in [0.5, 0.6) is 0 Å². The van der Waals surface area contributed by atoms with Crippen molar-refractivity contribution in [2.24, 2.45) is 17.1 Å². The molecule has 0 aromatic carbocycles. The van der Waals surface area contributed by atoms with Crippen molar-refractivity contribution in [2.75, 3.05) is 6.61 Å². The largest absolute Gasteiger partial charge is 0.377 e. The van der Waals surface area contributed by atoms with Crippen LogP contribution >= 0.6 is 12.4 Å². The van der Waals surface area contributed by atoms with Crippen LogP contribution in [0.25, 0.3) is 0 Å². The number of rotatable bonds is 0. The Hall–Kier alpha value is 0.210. The molecule has 2 rings (SSSR count). The zero-order chi connectivity index (χ0) is 7.35. The van der Waals surface area contributed by atoms with Crippen LogP contribution in [0.4, 0.5) is 0 Å². The van der Waals surface area contributed by atoms with Gasteiger partial charge in [0.1, 0.15) is 0 Å². The number of halogens is 1. The Balaban J connectivity index is 0.000000605. The minimum atomic E-state index is 0. The minimum absolute atomic E-state index is 0. The molecule has 1 aliphatic carbocycles. The molecular formula is C8H16ClNO. The average Bonchev–Trinajstić information content (AvgIpc) is 2.31. The first-order valence-corrected chi connectivity index (χ1v) is 4.01. The fraction of sp³-hybridized carbons (Fsp3) is 1.00. The third-order valence-electron chi connectivity index (χ3n) is 3.19. The molecule has 3 atom stereocenters. The molecule has 2 aliphatic rings. The van der Waals surface area contributed by atoms with Crippen LogP contribution in [0.3, 0.4) is 0 Å². The molecule has 2 fully saturated rings. The van der Waals surface area contributed by atoms with Crippen LogP contribution in [0.15, 0.2) is 0 Å². The maximum Gasteiger partial charge on any atom is 0.0684 e. The van der Waals surface area contributed by atoms with Crippen molar-refractivity contribution in [2.45, 2.75) is 32.4 Å². The van der Waals surface area contributed by atoms with E-state index in [-0.39, 0.29) is 17.8 Å². The van der Waals surface area contributed by atoms with E-state index in [0.29, 0.717) is 18.1 Å². The molecule has 0 radical (unpaired) electrons. The van der Waals surface area contributed by atoms with Crippen LogP contribution in [0, 0.1) is 11.3 Å². The Labute approximate surface area is 73.9 Å². The molecule has 0 aromatic heterocycles. The van der Waals surface area contributed by atoms with Gasteiger partial charge in [-0.2, -0.15) is 0 Å². The molecule has 11 heavy (non-hydrogen) atoms. The van der Waals surface area contributed by atoms with Crippen LogP contribution in [0.1, 0.15) is 20.3 Å². The highest BCUT2D eigenvalue weighted by Crippen LogP contribution is 2.50. The molecule has 1 saturated heterocycles. The third-order valence-corrected chi connectivity index (χ3v) is 3.19. The van der Waals surface area contributed by atoms with E-state index in [0.717, 1.165) is 6.61 Å². The predicted octanol–water partition coefficient (Wildman–Crippen LogP) is 1.18. The lowest BCUT2D eigenvalue weighted by Gasteiger charge is -2.52. The summed E-state index contributed by atoms with van der Waals surface area (Å²) in [6.45, 7) is 5.32. The summed E-state index contributed by atoms with van der Waals surface area (Å²) >= 11 is 0. The Bertz CT molecular complexity index is 160. The highest BCUT2D eigenvalue weighted by Gasteiger charge is 2.57. The summed E-state index contributed by atoms with van der Waals surface area (Å²) in [5.74, 6) is 0.662. The monoisotopic (exact) mass is 177 g/mol. The van der Waals surface area contributed by atoms with Gasteiger partial charge in [-0.15, -0.1) is 12.4 Å². The second-order valence-corrected chi connectivity index (χ2v) is 4.09. The molecule has 2 N–H and O–H groups in total. The van der Waals surface area contributed by atoms with Gasteiger partial charge in [-0.05, 0) is 6.42 Å². The van der Waals surface area contributed by atoms with Crippen molar-refractivity contribution in [1.82, 2.24) is 0 Å². The first-order valence-electron chi connectivity index (χ1n) is 4.01. The maximum atomic E-state index is 5.96. The van der Waals surface area contributed by atoms with E-state index < -0.39 is 0 Å². The van der Waals surface area contributed by atoms with Gasteiger partial charge in [-0.25, -0.2) is 0 Å². The van der Waals surface area contributed by atoms with E-state index in [1.54, 1.807) is 0 Å². The van der Waals surface area contributed by atoms with Gasteiger partial charge in [0.2, 0.25) is 0 Å². The van der Waals surface area contributed by atoms with Gasteiger partial charge in [-0.3, -0.25) is 0 Å². The normalized spacial score (nSPS) is 45.5. The van der Waals surface area contributed by atoms with E-state index in [9.17, 15) is 0 Å². The predicted molar refractivity (Wildman–Crippen MR) is 46.9 cm³/mol. The number of hydrogen-bond donors (Lipinski definition) is 1. The summed E-state index contributed by atoms with van der Waals surface area (Å²) in [6, 6.07) is 0.375. The second kappa shape index (κ2) is 2.61. The van der Waals surface area contributed by atoms with Gasteiger partial charge in [0.15, 0.2) is 0 Å². The summed E-state index contributed by atoms with van der Waals surface area (Å²) < 4.78 is 5.56. The van der Waals surface area contributed by atoms with Crippen molar-refractivity contribution >= 4 is 12.4 Å². The zero-order valence-corrected chi connectivity index (χ0v) is 7.86. The molecule has 0 amide bonds. The molecule has 66 valence electrons. The standard InChI is InChI=1S/C8H15NO.ClH/c1-8(2)6(9)5-3-4-10-7(5)8;/h5-7H,3-4,9H2,1-2H3;1H. The highest BCUT2D eigenvalue weighted by atomic mass is 35.5. The van der Waals surface area contributed by atoms with Crippen LogP contribution < -0.4 is 5.73 Å². The molecule has 1 heterocycles. The lowest BCUT2D eigenvalue weighted by molar-refractivity contribution is -0.0994. The summed E-state index contributed by atoms with van der Waals surface area (Å²) in [5.41, 5.74) is 6.20. The van der Waals surface area contributed by atoms with E-state index in [4.69, 9.17) is 10.5 Å². The highest BCUT2D eigenvalue weighted by molar-refractivity contribution is 5.85. The van der Waals surface area contributed by atoms with Gasteiger partial charge >= 0.3 is 0 Å². The molecule has 0 spiro atoms. The lowest BCUT2D eigenvalue weighted by atomic mass is 9.58. The van der Waals surface area contributed by atoms with E-state index in [1.165, 1.54) is 6.42 Å². The molecule has 0 aromatic rings. The topological polar surface area (TPSA) is 35.2 Å². The second-order valence-electron chi connectivity index (χ2n) is 4.09. The molecular weight excluding hydrogens is 162 g/mol. The number of nitrogens with two attached hydrogens (primary N) is 1. The van der Waals surface area contributed by atoms with Crippen molar-refractivity contribution in [3.63, 3.8) is 0 Å². The van der Waals surface area contributed by atoms with Crippen molar-refractivity contribution in [1.29, 1.82) is 0 Å². The average molecular weight is 178 g/mol. The van der Waals surface area contributed by atoms with Gasteiger partial charge in [0, 0.05) is 24.0 Å². The number of hydrogen-bond acceptors (Lipinski definition) is 2. The molecule has 0 bridgehead atoms. The van der Waals surface area contributed by atoms with Crippen molar-refractivity contribution < 1.29 is 4.74 Å². The van der Waals surface area contributed by atoms with E-state index >= 15 is 0 Å². The fourth-order valence-corrected chi connectivity index (χ4v) is 2.36. The van der Waals surface area contributed by atoms with Gasteiger partial charge in [-0.1, -0.05) is 13.8 Å². The smallest absolute Gasteiger partial charge is 0.0684 e. The molecule has 3 unspecified atom stereocenters. The van der Waals surface area contributed by atoms with Gasteiger partial charge in [0.25, 0.3) is 0 Å². The SMILES string of the molecule is CC1(C)C(N)C2CCOC21.Cl. The Morgan fingerprint density at radius 2 is 2.09 bits per heavy atom. The van der Waals surface area contributed by atoms with Gasteiger partial charge in [0.05, 0.1) is 6.10 Å². The van der Waals surface area contributed by atoms with Crippen LogP contribution in [-0.4, -0.2) is 18.8 Å². The van der Waals surface area contributed by atoms with E-state index in [2.05, 4.69) is 13.8 Å². The summed E-state index contributed by atoms with van der Waals surface area (Å²) in [4.78, 5) is 0. The van der Waals surface area contributed by atoms with E-state index in [1.807, 2.05) is 0 Å². The molecule has 2 nitrogen and oxygen atoms in total. The fourth-order valence-electron chi connectivity index (χ4n) is 2.36. The minimum Gasteiger partial charge on any atom is -0.377 e. The summed E-state index contributed by atoms with van der Waals surface area (Å²) in [7, 11) is 0. The maximum absolute atomic E-state index is 5.96. The third kappa shape index (κ3) is 1.00. The molecule has 1 saturated carbocycles. The Morgan fingerprint density at radius 3 is 2.64 bits per heavy atom. The molecule has 3 heteroatoms. The van der Waals surface area contributed by atoms with Crippen LogP contribution in [-0.2, 0) is 4.74 Å². The van der Waals surface area contributed by atoms with Crippen molar-refractivity contribution in [3.8, 4) is 0 Å². The first-order chi connectivity index (χ1) is 4.64. The van der Waals surface area contributed by atoms with Crippen molar-refractivity contribution in [3.05, 3.63) is 0 Å². The summed E-state index contributed by atoms with van der Waals surface area (Å²) in [5, 5.41) is 0. The first kappa shape index (κ1) is 9.30. The number of fused-ring (bicyclic) bond motifs is 1. The number of ether oxygens (including phenoxy) is 1. The quantitative estimate of drug-likeness (QED) is 0.603.